The van der Waals surface area contributed by atoms with Gasteiger partial charge in [0.05, 0.1) is 0 Å². The number of benzene rings is 1. The Bertz CT molecular complexity index is 388. The number of carbonyl (C=O) groups excluding carboxylic acids is 1. The Kier molecular flexibility index (Phi) is 4.11. The topological polar surface area (TPSA) is 20.3 Å². The van der Waals surface area contributed by atoms with Gasteiger partial charge in [-0.2, -0.15) is 0 Å². The summed E-state index contributed by atoms with van der Waals surface area (Å²) in [6.07, 6.45) is 3.60. The molecule has 17 heavy (non-hydrogen) atoms. The van der Waals surface area contributed by atoms with Crippen molar-refractivity contribution in [1.29, 1.82) is 0 Å². The molecule has 1 heterocycles. The van der Waals surface area contributed by atoms with Gasteiger partial charge in [-0.3, -0.25) is 4.79 Å². The van der Waals surface area contributed by atoms with Gasteiger partial charge in [0.15, 0.2) is 0 Å². The molecule has 1 amide bonds. The monoisotopic (exact) mass is 249 g/mol. The largest absolute Gasteiger partial charge is 0.338 e. The first kappa shape index (κ1) is 12.5. The number of hydrogen-bond acceptors (Lipinski definition) is 2. The molecule has 3 heteroatoms. The summed E-state index contributed by atoms with van der Waals surface area (Å²) >= 11 is 4.23. The van der Waals surface area contributed by atoms with E-state index < -0.39 is 0 Å². The summed E-state index contributed by atoms with van der Waals surface area (Å²) in [4.78, 5) is 15.1. The molecule has 0 aromatic heterocycles. The van der Waals surface area contributed by atoms with Gasteiger partial charge < -0.3 is 4.90 Å². The number of nitrogens with zero attached hydrogens (tertiary/aromatic N) is 1. The molecule has 0 N–H and O–H groups in total. The predicted octanol–water partition coefficient (Wildman–Crippen LogP) is 3.24. The molecule has 1 atom stereocenters. The van der Waals surface area contributed by atoms with E-state index in [1.165, 1.54) is 12.8 Å². The lowest BCUT2D eigenvalue weighted by Crippen LogP contribution is -2.28. The zero-order valence-corrected chi connectivity index (χ0v) is 11.1. The summed E-state index contributed by atoms with van der Waals surface area (Å²) in [6, 6.07) is 7.46. The van der Waals surface area contributed by atoms with Gasteiger partial charge in [0.1, 0.15) is 0 Å². The van der Waals surface area contributed by atoms with Gasteiger partial charge >= 0.3 is 0 Å². The maximum atomic E-state index is 12.2. The van der Waals surface area contributed by atoms with Crippen molar-refractivity contribution in [3.05, 3.63) is 29.8 Å². The van der Waals surface area contributed by atoms with Crippen LogP contribution in [-0.2, 0) is 0 Å². The Balaban J connectivity index is 1.99. The first-order chi connectivity index (χ1) is 8.20. The minimum Gasteiger partial charge on any atom is -0.338 e. The highest BCUT2D eigenvalue weighted by atomic mass is 32.1. The number of hydrogen-bond donors (Lipinski definition) is 1. The van der Waals surface area contributed by atoms with Gasteiger partial charge in [-0.25, -0.2) is 0 Å². The SMILES string of the molecule is CCCC1CCN(C(=O)c2ccc(S)cc2)C1. The quantitative estimate of drug-likeness (QED) is 0.815. The molecule has 92 valence electrons. The Labute approximate surface area is 108 Å². The number of rotatable bonds is 3. The Morgan fingerprint density at radius 3 is 2.76 bits per heavy atom. The lowest BCUT2D eigenvalue weighted by Gasteiger charge is -2.16. The van der Waals surface area contributed by atoms with E-state index >= 15 is 0 Å². The summed E-state index contributed by atoms with van der Waals surface area (Å²) in [7, 11) is 0. The van der Waals surface area contributed by atoms with Gasteiger partial charge in [0.25, 0.3) is 5.91 Å². The number of thiol groups is 1. The zero-order chi connectivity index (χ0) is 12.3. The lowest BCUT2D eigenvalue weighted by atomic mass is 10.0. The van der Waals surface area contributed by atoms with Gasteiger partial charge in [0, 0.05) is 23.5 Å². The molecule has 1 aromatic rings. The normalized spacial score (nSPS) is 19.6. The Morgan fingerprint density at radius 2 is 2.12 bits per heavy atom. The highest BCUT2D eigenvalue weighted by Gasteiger charge is 2.25. The standard InChI is InChI=1S/C14H19NOS/c1-2-3-11-8-9-15(10-11)14(16)12-4-6-13(17)7-5-12/h4-7,11,17H,2-3,8-10H2,1H3. The summed E-state index contributed by atoms with van der Waals surface area (Å²) in [6.45, 7) is 4.04. The van der Waals surface area contributed by atoms with Gasteiger partial charge in [-0.15, -0.1) is 12.6 Å². The second kappa shape index (κ2) is 5.58. The van der Waals surface area contributed by atoms with E-state index in [1.54, 1.807) is 0 Å². The van der Waals surface area contributed by atoms with Crippen LogP contribution in [0.4, 0.5) is 0 Å². The zero-order valence-electron chi connectivity index (χ0n) is 10.2. The van der Waals surface area contributed by atoms with Crippen LogP contribution in [0.25, 0.3) is 0 Å². The molecule has 0 saturated carbocycles. The molecule has 0 radical (unpaired) electrons. The van der Waals surface area contributed by atoms with Crippen LogP contribution in [0.2, 0.25) is 0 Å². The second-order valence-corrected chi connectivity index (χ2v) is 5.26. The smallest absolute Gasteiger partial charge is 0.253 e. The molecule has 0 spiro atoms. The van der Waals surface area contributed by atoms with Crippen LogP contribution in [0.3, 0.4) is 0 Å². The van der Waals surface area contributed by atoms with Crippen molar-refractivity contribution < 1.29 is 4.79 Å². The molecule has 1 aliphatic rings. The summed E-state index contributed by atoms with van der Waals surface area (Å²) in [5.41, 5.74) is 0.778. The highest BCUT2D eigenvalue weighted by molar-refractivity contribution is 7.80. The van der Waals surface area contributed by atoms with Crippen LogP contribution in [0, 0.1) is 5.92 Å². The maximum Gasteiger partial charge on any atom is 0.253 e. The minimum absolute atomic E-state index is 0.164. The van der Waals surface area contributed by atoms with E-state index in [9.17, 15) is 4.79 Å². The van der Waals surface area contributed by atoms with Crippen molar-refractivity contribution in [2.75, 3.05) is 13.1 Å². The number of likely N-dealkylation sites (tertiary alicyclic amines) is 1. The fourth-order valence-electron chi connectivity index (χ4n) is 2.45. The first-order valence-corrected chi connectivity index (χ1v) is 6.73. The molecule has 1 unspecified atom stereocenters. The third-order valence-electron chi connectivity index (χ3n) is 3.38. The fourth-order valence-corrected chi connectivity index (χ4v) is 2.60. The Hall–Kier alpha value is -0.960. The molecular weight excluding hydrogens is 230 g/mol. The average molecular weight is 249 g/mol. The number of amides is 1. The van der Waals surface area contributed by atoms with Gasteiger partial charge in [-0.05, 0) is 43.0 Å². The third kappa shape index (κ3) is 3.03. The Morgan fingerprint density at radius 1 is 1.41 bits per heavy atom. The van der Waals surface area contributed by atoms with E-state index in [0.29, 0.717) is 5.92 Å². The molecule has 1 aliphatic heterocycles. The van der Waals surface area contributed by atoms with Crippen LogP contribution in [0.5, 0.6) is 0 Å². The molecule has 0 bridgehead atoms. The molecule has 1 saturated heterocycles. The van der Waals surface area contributed by atoms with Crippen LogP contribution in [0.15, 0.2) is 29.2 Å². The summed E-state index contributed by atoms with van der Waals surface area (Å²) in [5.74, 6) is 0.866. The second-order valence-electron chi connectivity index (χ2n) is 4.74. The van der Waals surface area contributed by atoms with Crippen LogP contribution in [-0.4, -0.2) is 23.9 Å². The molecule has 2 rings (SSSR count). The van der Waals surface area contributed by atoms with E-state index in [-0.39, 0.29) is 5.91 Å². The number of carbonyl (C=O) groups is 1. The molecule has 1 aromatic carbocycles. The van der Waals surface area contributed by atoms with Crippen molar-refractivity contribution in [3.63, 3.8) is 0 Å². The van der Waals surface area contributed by atoms with E-state index in [2.05, 4.69) is 19.6 Å². The minimum atomic E-state index is 0.164. The first-order valence-electron chi connectivity index (χ1n) is 6.29. The van der Waals surface area contributed by atoms with Crippen molar-refractivity contribution in [1.82, 2.24) is 4.90 Å². The fraction of sp³-hybridized carbons (Fsp3) is 0.500. The maximum absolute atomic E-state index is 12.2. The van der Waals surface area contributed by atoms with E-state index in [0.717, 1.165) is 30.0 Å². The van der Waals surface area contributed by atoms with Crippen LogP contribution < -0.4 is 0 Å². The van der Waals surface area contributed by atoms with Crippen LogP contribution in [0.1, 0.15) is 36.5 Å². The summed E-state index contributed by atoms with van der Waals surface area (Å²) < 4.78 is 0. The average Bonchev–Trinajstić information content (AvgIpc) is 2.78. The van der Waals surface area contributed by atoms with Gasteiger partial charge in [0.2, 0.25) is 0 Å². The van der Waals surface area contributed by atoms with E-state index in [1.807, 2.05) is 29.2 Å². The van der Waals surface area contributed by atoms with Gasteiger partial charge in [-0.1, -0.05) is 13.3 Å². The van der Waals surface area contributed by atoms with Crippen molar-refractivity contribution in [2.24, 2.45) is 5.92 Å². The van der Waals surface area contributed by atoms with Crippen molar-refractivity contribution >= 4 is 18.5 Å². The third-order valence-corrected chi connectivity index (χ3v) is 3.68. The lowest BCUT2D eigenvalue weighted by molar-refractivity contribution is 0.0786. The highest BCUT2D eigenvalue weighted by Crippen LogP contribution is 2.22. The molecular formula is C14H19NOS. The van der Waals surface area contributed by atoms with Crippen molar-refractivity contribution in [3.8, 4) is 0 Å². The predicted molar refractivity (Wildman–Crippen MR) is 72.6 cm³/mol. The van der Waals surface area contributed by atoms with Crippen molar-refractivity contribution in [2.45, 2.75) is 31.1 Å². The van der Waals surface area contributed by atoms with E-state index in [4.69, 9.17) is 0 Å². The molecule has 2 nitrogen and oxygen atoms in total. The molecule has 0 aliphatic carbocycles. The van der Waals surface area contributed by atoms with Crippen LogP contribution >= 0.6 is 12.6 Å². The summed E-state index contributed by atoms with van der Waals surface area (Å²) in [5, 5.41) is 0. The molecule has 1 fully saturated rings.